The van der Waals surface area contributed by atoms with Gasteiger partial charge in [0.25, 0.3) is 0 Å². The van der Waals surface area contributed by atoms with Crippen LogP contribution in [0.25, 0.3) is 16.8 Å². The highest BCUT2D eigenvalue weighted by molar-refractivity contribution is 5.90. The average molecular weight is 451 g/mol. The summed E-state index contributed by atoms with van der Waals surface area (Å²) in [6.07, 6.45) is 3.85. The van der Waals surface area contributed by atoms with Crippen molar-refractivity contribution in [2.24, 2.45) is 0 Å². The van der Waals surface area contributed by atoms with E-state index >= 15 is 0 Å². The number of anilines is 2. The summed E-state index contributed by atoms with van der Waals surface area (Å²) >= 11 is 0. The van der Waals surface area contributed by atoms with E-state index in [9.17, 15) is 13.6 Å². The molecule has 2 amide bonds. The number of nitrogen functional groups attached to an aromatic ring is 1. The Hall–Kier alpha value is -4.12. The minimum absolute atomic E-state index is 0.167. The molecule has 5 rings (SSSR count). The first kappa shape index (κ1) is 20.8. The van der Waals surface area contributed by atoms with Crippen molar-refractivity contribution in [3.8, 4) is 11.1 Å². The Morgan fingerprint density at radius 1 is 1.18 bits per heavy atom. The van der Waals surface area contributed by atoms with Gasteiger partial charge in [-0.05, 0) is 42.8 Å². The number of hydrogen-bond donors (Lipinski definition) is 2. The van der Waals surface area contributed by atoms with Crippen LogP contribution in [0.15, 0.2) is 48.8 Å². The van der Waals surface area contributed by atoms with E-state index in [0.29, 0.717) is 29.0 Å². The number of amides is 2. The molecule has 3 N–H and O–H groups in total. The maximum absolute atomic E-state index is 13.7. The first-order valence-corrected chi connectivity index (χ1v) is 10.2. The number of aromatic nitrogens is 4. The topological polar surface area (TPSA) is 111 Å². The van der Waals surface area contributed by atoms with E-state index in [0.717, 1.165) is 22.3 Å². The van der Waals surface area contributed by atoms with E-state index in [1.165, 1.54) is 12.1 Å². The summed E-state index contributed by atoms with van der Waals surface area (Å²) in [4.78, 5) is 26.9. The summed E-state index contributed by atoms with van der Waals surface area (Å²) in [6, 6.07) is 7.39. The molecule has 1 saturated heterocycles. The van der Waals surface area contributed by atoms with Gasteiger partial charge in [-0.15, -0.1) is 5.10 Å². The van der Waals surface area contributed by atoms with E-state index < -0.39 is 23.7 Å². The van der Waals surface area contributed by atoms with Crippen LogP contribution in [-0.2, 0) is 4.84 Å². The summed E-state index contributed by atoms with van der Waals surface area (Å²) in [7, 11) is 0. The summed E-state index contributed by atoms with van der Waals surface area (Å²) in [6.45, 7) is 2.00. The van der Waals surface area contributed by atoms with E-state index in [-0.39, 0.29) is 12.6 Å². The lowest BCUT2D eigenvalue weighted by Gasteiger charge is -2.23. The van der Waals surface area contributed by atoms with Gasteiger partial charge in [0.1, 0.15) is 11.6 Å². The molecule has 0 spiro atoms. The van der Waals surface area contributed by atoms with Gasteiger partial charge >= 0.3 is 6.03 Å². The van der Waals surface area contributed by atoms with Crippen LogP contribution in [0.2, 0.25) is 0 Å². The summed E-state index contributed by atoms with van der Waals surface area (Å²) < 4.78 is 28.9. The van der Waals surface area contributed by atoms with E-state index in [4.69, 9.17) is 10.6 Å². The number of benzene rings is 1. The predicted octanol–water partition coefficient (Wildman–Crippen LogP) is 3.87. The first-order chi connectivity index (χ1) is 15.9. The standard InChI is InChI=1S/C22H19F2N7O2/c1-12-18(8-15(10-26-12)13-2-3-20-28-21(25)29-30(20)11-13)27-22(32)31-19(4-5-33-31)14-6-16(23)9-17(24)7-14/h2-3,6-11,19H,4-5H2,1H3,(H2,25,29)(H,27,32). The Morgan fingerprint density at radius 3 is 2.76 bits per heavy atom. The van der Waals surface area contributed by atoms with Crippen LogP contribution in [0.1, 0.15) is 23.7 Å². The van der Waals surface area contributed by atoms with E-state index in [1.807, 2.05) is 6.07 Å². The zero-order chi connectivity index (χ0) is 23.1. The minimum Gasteiger partial charge on any atom is -0.366 e. The number of pyridine rings is 2. The van der Waals surface area contributed by atoms with Gasteiger partial charge in [0.15, 0.2) is 5.65 Å². The zero-order valence-electron chi connectivity index (χ0n) is 17.5. The second-order valence-electron chi connectivity index (χ2n) is 7.64. The highest BCUT2D eigenvalue weighted by atomic mass is 19.1. The lowest BCUT2D eigenvalue weighted by atomic mass is 10.0. The number of hydroxylamine groups is 2. The van der Waals surface area contributed by atoms with Crippen LogP contribution in [0.4, 0.5) is 25.2 Å². The second kappa shape index (κ2) is 8.10. The van der Waals surface area contributed by atoms with Crippen molar-refractivity contribution in [2.45, 2.75) is 19.4 Å². The molecule has 1 aromatic carbocycles. The third kappa shape index (κ3) is 4.05. The van der Waals surface area contributed by atoms with Gasteiger partial charge in [-0.1, -0.05) is 0 Å². The van der Waals surface area contributed by atoms with Crippen molar-refractivity contribution in [1.29, 1.82) is 0 Å². The van der Waals surface area contributed by atoms with Crippen molar-refractivity contribution in [1.82, 2.24) is 24.6 Å². The van der Waals surface area contributed by atoms with Gasteiger partial charge in [0, 0.05) is 36.0 Å². The van der Waals surface area contributed by atoms with Crippen LogP contribution in [0, 0.1) is 18.6 Å². The molecule has 33 heavy (non-hydrogen) atoms. The van der Waals surface area contributed by atoms with Gasteiger partial charge in [0.2, 0.25) is 5.95 Å². The molecule has 0 saturated carbocycles. The van der Waals surface area contributed by atoms with Crippen molar-refractivity contribution in [3.63, 3.8) is 0 Å². The number of carbonyl (C=O) groups excluding carboxylic acids is 1. The Balaban J connectivity index is 1.40. The number of hydrogen-bond acceptors (Lipinski definition) is 6. The molecule has 1 aliphatic rings. The number of halogens is 2. The number of nitrogens with one attached hydrogen (secondary N) is 1. The predicted molar refractivity (Wildman–Crippen MR) is 116 cm³/mol. The number of fused-ring (bicyclic) bond motifs is 1. The summed E-state index contributed by atoms with van der Waals surface area (Å²) in [5.74, 6) is -1.26. The third-order valence-electron chi connectivity index (χ3n) is 5.38. The molecular weight excluding hydrogens is 432 g/mol. The van der Waals surface area contributed by atoms with E-state index in [2.05, 4.69) is 20.4 Å². The molecule has 0 aliphatic carbocycles. The number of carbonyl (C=O) groups is 1. The third-order valence-corrected chi connectivity index (χ3v) is 5.38. The molecule has 0 bridgehead atoms. The molecule has 4 aromatic rings. The lowest BCUT2D eigenvalue weighted by molar-refractivity contribution is -0.0830. The Labute approximate surface area is 186 Å². The first-order valence-electron chi connectivity index (χ1n) is 10.2. The van der Waals surface area contributed by atoms with Crippen LogP contribution in [0.5, 0.6) is 0 Å². The highest BCUT2D eigenvalue weighted by Crippen LogP contribution is 2.32. The molecule has 4 heterocycles. The van der Waals surface area contributed by atoms with Crippen molar-refractivity contribution < 1.29 is 18.4 Å². The van der Waals surface area contributed by atoms with Crippen LogP contribution in [-0.4, -0.2) is 37.3 Å². The van der Waals surface area contributed by atoms with Gasteiger partial charge in [0.05, 0.1) is 24.0 Å². The second-order valence-corrected chi connectivity index (χ2v) is 7.64. The van der Waals surface area contributed by atoms with Crippen molar-refractivity contribution in [3.05, 3.63) is 71.7 Å². The Morgan fingerprint density at radius 2 is 1.97 bits per heavy atom. The van der Waals surface area contributed by atoms with Crippen molar-refractivity contribution >= 4 is 23.3 Å². The fraction of sp³-hybridized carbons (Fsp3) is 0.182. The van der Waals surface area contributed by atoms with Crippen LogP contribution in [0.3, 0.4) is 0 Å². The molecule has 3 aromatic heterocycles. The number of aryl methyl sites for hydroxylation is 1. The fourth-order valence-electron chi connectivity index (χ4n) is 3.80. The lowest BCUT2D eigenvalue weighted by Crippen LogP contribution is -2.33. The Bertz CT molecular complexity index is 1350. The zero-order valence-corrected chi connectivity index (χ0v) is 17.5. The molecule has 0 radical (unpaired) electrons. The normalized spacial score (nSPS) is 15.8. The molecule has 9 nitrogen and oxygen atoms in total. The van der Waals surface area contributed by atoms with Gasteiger partial charge in [-0.3, -0.25) is 9.82 Å². The number of nitrogens with two attached hydrogens (primary N) is 1. The SMILES string of the molecule is Cc1ncc(-c2ccc3nc(N)nn3c2)cc1NC(=O)N1OCCC1c1cc(F)cc(F)c1. The maximum Gasteiger partial charge on any atom is 0.346 e. The smallest absolute Gasteiger partial charge is 0.346 e. The molecular formula is C22H19F2N7O2. The average Bonchev–Trinajstić information content (AvgIpc) is 3.40. The van der Waals surface area contributed by atoms with E-state index in [1.54, 1.807) is 36.0 Å². The fourth-order valence-corrected chi connectivity index (χ4v) is 3.80. The summed E-state index contributed by atoms with van der Waals surface area (Å²) in [5.41, 5.74) is 9.16. The number of urea groups is 1. The van der Waals surface area contributed by atoms with Gasteiger partial charge in [-0.2, -0.15) is 10.0 Å². The minimum atomic E-state index is -0.712. The monoisotopic (exact) mass is 451 g/mol. The molecule has 1 aliphatic heterocycles. The largest absolute Gasteiger partial charge is 0.366 e. The molecule has 1 fully saturated rings. The molecule has 168 valence electrons. The highest BCUT2D eigenvalue weighted by Gasteiger charge is 2.32. The molecule has 1 unspecified atom stereocenters. The van der Waals surface area contributed by atoms with Gasteiger partial charge in [-0.25, -0.2) is 18.1 Å². The number of nitrogens with zero attached hydrogens (tertiary/aromatic N) is 5. The van der Waals surface area contributed by atoms with Crippen molar-refractivity contribution in [2.75, 3.05) is 17.7 Å². The quantitative estimate of drug-likeness (QED) is 0.489. The number of rotatable bonds is 3. The van der Waals surface area contributed by atoms with Crippen LogP contribution < -0.4 is 11.1 Å². The van der Waals surface area contributed by atoms with Crippen LogP contribution >= 0.6 is 0 Å². The molecule has 11 heteroatoms. The maximum atomic E-state index is 13.7. The van der Waals surface area contributed by atoms with Gasteiger partial charge < -0.3 is 11.1 Å². The molecule has 1 atom stereocenters. The summed E-state index contributed by atoms with van der Waals surface area (Å²) in [5, 5.41) is 8.00. The Kier molecular flexibility index (Phi) is 5.09.